The lowest BCUT2D eigenvalue weighted by Gasteiger charge is -2.13. The van der Waals surface area contributed by atoms with Crippen LogP contribution in [0.1, 0.15) is 39.4 Å². The van der Waals surface area contributed by atoms with Crippen molar-refractivity contribution < 1.29 is 4.42 Å². The fourth-order valence-corrected chi connectivity index (χ4v) is 1.87. The minimum Gasteiger partial charge on any atom is -0.454 e. The molecule has 0 amide bonds. The molecule has 0 aliphatic rings. The van der Waals surface area contributed by atoms with Crippen molar-refractivity contribution in [3.8, 4) is 0 Å². The number of halogens is 1. The van der Waals surface area contributed by atoms with Crippen molar-refractivity contribution >= 4 is 22.6 Å². The highest BCUT2D eigenvalue weighted by atomic mass is 127. The number of hydrogen-bond donors (Lipinski definition) is 1. The summed E-state index contributed by atoms with van der Waals surface area (Å²) >= 11 is 2.19. The molecule has 1 atom stereocenters. The summed E-state index contributed by atoms with van der Waals surface area (Å²) in [6.45, 7) is 7.60. The maximum Gasteiger partial charge on any atom is 0.164 e. The Morgan fingerprint density at radius 1 is 1.27 bits per heavy atom. The first kappa shape index (κ1) is 13.0. The van der Waals surface area contributed by atoms with Crippen LogP contribution in [0.5, 0.6) is 0 Å². The van der Waals surface area contributed by atoms with Gasteiger partial charge in [-0.05, 0) is 60.4 Å². The lowest BCUT2D eigenvalue weighted by atomic mass is 10.0. The van der Waals surface area contributed by atoms with Gasteiger partial charge in [0.05, 0.1) is 6.54 Å². The van der Waals surface area contributed by atoms with Crippen LogP contribution < -0.4 is 5.32 Å². The van der Waals surface area contributed by atoms with Crippen LogP contribution in [-0.2, 0) is 6.54 Å². The second-order valence-corrected chi connectivity index (χ2v) is 5.52. The molecule has 1 aromatic heterocycles. The van der Waals surface area contributed by atoms with Crippen LogP contribution in [0.4, 0.5) is 0 Å². The normalized spacial score (nSPS) is 13.4. The van der Waals surface area contributed by atoms with E-state index in [1.165, 1.54) is 12.8 Å². The number of rotatable bonds is 6. The van der Waals surface area contributed by atoms with Gasteiger partial charge in [0.25, 0.3) is 0 Å². The molecule has 1 heterocycles. The lowest BCUT2D eigenvalue weighted by Crippen LogP contribution is -2.25. The zero-order valence-electron chi connectivity index (χ0n) is 9.72. The number of furan rings is 1. The lowest BCUT2D eigenvalue weighted by molar-refractivity contribution is 0.411. The predicted octanol–water partition coefficient (Wildman–Crippen LogP) is 3.80. The molecular weight excluding hydrogens is 301 g/mol. The molecular formula is C12H20INO. The minimum atomic E-state index is 0.565. The van der Waals surface area contributed by atoms with Gasteiger partial charge in [0.2, 0.25) is 0 Å². The second-order valence-electron chi connectivity index (χ2n) is 4.46. The van der Waals surface area contributed by atoms with Gasteiger partial charge >= 0.3 is 0 Å². The van der Waals surface area contributed by atoms with Crippen LogP contribution in [-0.4, -0.2) is 6.04 Å². The van der Waals surface area contributed by atoms with E-state index in [0.717, 1.165) is 22.0 Å². The van der Waals surface area contributed by atoms with Crippen molar-refractivity contribution in [1.82, 2.24) is 5.32 Å². The van der Waals surface area contributed by atoms with Crippen molar-refractivity contribution in [3.63, 3.8) is 0 Å². The highest BCUT2D eigenvalue weighted by molar-refractivity contribution is 14.1. The molecule has 0 aliphatic heterocycles. The van der Waals surface area contributed by atoms with Crippen molar-refractivity contribution in [2.75, 3.05) is 0 Å². The Kier molecular flexibility index (Phi) is 5.68. The topological polar surface area (TPSA) is 25.2 Å². The van der Waals surface area contributed by atoms with E-state index < -0.39 is 0 Å². The largest absolute Gasteiger partial charge is 0.454 e. The quantitative estimate of drug-likeness (QED) is 0.806. The van der Waals surface area contributed by atoms with Gasteiger partial charge in [-0.1, -0.05) is 13.8 Å². The van der Waals surface area contributed by atoms with Gasteiger partial charge in [0.1, 0.15) is 5.76 Å². The van der Waals surface area contributed by atoms with Crippen LogP contribution in [0.15, 0.2) is 16.5 Å². The van der Waals surface area contributed by atoms with E-state index in [-0.39, 0.29) is 0 Å². The molecule has 0 spiro atoms. The zero-order valence-corrected chi connectivity index (χ0v) is 11.9. The van der Waals surface area contributed by atoms with Crippen LogP contribution in [0, 0.1) is 9.68 Å². The third-order valence-electron chi connectivity index (χ3n) is 2.43. The third-order valence-corrected chi connectivity index (χ3v) is 3.01. The zero-order chi connectivity index (χ0) is 11.3. The summed E-state index contributed by atoms with van der Waals surface area (Å²) in [5.41, 5.74) is 0. The minimum absolute atomic E-state index is 0.565. The van der Waals surface area contributed by atoms with Gasteiger partial charge in [-0.15, -0.1) is 0 Å². The standard InChI is InChI=1S/C12H20INO/c1-9(2)4-5-10(3)14-8-11-6-7-12(13)15-11/h6-7,9-10,14H,4-5,8H2,1-3H3. The maximum atomic E-state index is 5.48. The first-order valence-electron chi connectivity index (χ1n) is 5.55. The Morgan fingerprint density at radius 2 is 2.00 bits per heavy atom. The van der Waals surface area contributed by atoms with E-state index in [9.17, 15) is 0 Å². The molecule has 1 aromatic rings. The van der Waals surface area contributed by atoms with E-state index in [1.54, 1.807) is 0 Å². The average Bonchev–Trinajstić information content (AvgIpc) is 2.58. The van der Waals surface area contributed by atoms with E-state index >= 15 is 0 Å². The summed E-state index contributed by atoms with van der Waals surface area (Å²) < 4.78 is 6.44. The number of hydrogen-bond acceptors (Lipinski definition) is 2. The number of nitrogens with one attached hydrogen (secondary N) is 1. The SMILES string of the molecule is CC(C)CCC(C)NCc1ccc(I)o1. The maximum absolute atomic E-state index is 5.48. The average molecular weight is 321 g/mol. The molecule has 86 valence electrons. The van der Waals surface area contributed by atoms with E-state index in [1.807, 2.05) is 12.1 Å². The summed E-state index contributed by atoms with van der Waals surface area (Å²) in [4.78, 5) is 0. The fraction of sp³-hybridized carbons (Fsp3) is 0.667. The summed E-state index contributed by atoms with van der Waals surface area (Å²) in [5.74, 6) is 1.81. The molecule has 0 bridgehead atoms. The van der Waals surface area contributed by atoms with E-state index in [4.69, 9.17) is 4.42 Å². The molecule has 0 aliphatic carbocycles. The predicted molar refractivity (Wildman–Crippen MR) is 71.8 cm³/mol. The Bertz CT molecular complexity index is 283. The molecule has 0 fully saturated rings. The molecule has 3 heteroatoms. The molecule has 0 saturated heterocycles. The van der Waals surface area contributed by atoms with Crippen molar-refractivity contribution in [3.05, 3.63) is 21.7 Å². The smallest absolute Gasteiger partial charge is 0.164 e. The Balaban J connectivity index is 2.19. The molecule has 1 N–H and O–H groups in total. The summed E-state index contributed by atoms with van der Waals surface area (Å²) in [6.07, 6.45) is 2.51. The first-order valence-corrected chi connectivity index (χ1v) is 6.63. The van der Waals surface area contributed by atoms with Gasteiger partial charge in [-0.2, -0.15) is 0 Å². The summed E-state index contributed by atoms with van der Waals surface area (Å²) in [6, 6.07) is 4.59. The van der Waals surface area contributed by atoms with Crippen molar-refractivity contribution in [2.45, 2.75) is 46.2 Å². The monoisotopic (exact) mass is 321 g/mol. The Morgan fingerprint density at radius 3 is 2.53 bits per heavy atom. The molecule has 1 rings (SSSR count). The van der Waals surface area contributed by atoms with Crippen LogP contribution in [0.3, 0.4) is 0 Å². The van der Waals surface area contributed by atoms with Gasteiger partial charge < -0.3 is 9.73 Å². The first-order chi connectivity index (χ1) is 7.08. The molecule has 1 unspecified atom stereocenters. The van der Waals surface area contributed by atoms with Crippen molar-refractivity contribution in [2.24, 2.45) is 5.92 Å². The fourth-order valence-electron chi connectivity index (χ4n) is 1.41. The van der Waals surface area contributed by atoms with Gasteiger partial charge in [-0.3, -0.25) is 0 Å². The Labute approximate surface area is 106 Å². The van der Waals surface area contributed by atoms with Crippen LogP contribution >= 0.6 is 22.6 Å². The van der Waals surface area contributed by atoms with E-state index in [2.05, 4.69) is 48.7 Å². The van der Waals surface area contributed by atoms with E-state index in [0.29, 0.717) is 6.04 Å². The van der Waals surface area contributed by atoms with Gasteiger partial charge in [0, 0.05) is 6.04 Å². The molecule has 15 heavy (non-hydrogen) atoms. The van der Waals surface area contributed by atoms with Crippen molar-refractivity contribution in [1.29, 1.82) is 0 Å². The third kappa shape index (κ3) is 5.56. The molecule has 0 radical (unpaired) electrons. The molecule has 0 saturated carbocycles. The summed E-state index contributed by atoms with van der Waals surface area (Å²) in [7, 11) is 0. The summed E-state index contributed by atoms with van der Waals surface area (Å²) in [5, 5.41) is 3.47. The van der Waals surface area contributed by atoms with Crippen LogP contribution in [0.25, 0.3) is 0 Å². The van der Waals surface area contributed by atoms with Crippen LogP contribution in [0.2, 0.25) is 0 Å². The molecule has 2 nitrogen and oxygen atoms in total. The molecule has 0 aromatic carbocycles. The van der Waals surface area contributed by atoms with Gasteiger partial charge in [-0.25, -0.2) is 0 Å². The highest BCUT2D eigenvalue weighted by Crippen LogP contribution is 2.11. The highest BCUT2D eigenvalue weighted by Gasteiger charge is 2.05. The Hall–Kier alpha value is -0.0300. The second kappa shape index (κ2) is 6.53. The van der Waals surface area contributed by atoms with Gasteiger partial charge in [0.15, 0.2) is 3.77 Å².